The molecule has 1 aliphatic heterocycles. The highest BCUT2D eigenvalue weighted by Gasteiger charge is 2.39. The molecule has 2 aliphatic rings. The number of nitrogens with zero attached hydrogens (tertiary/aromatic N) is 1. The molecule has 0 spiro atoms. The first-order chi connectivity index (χ1) is 11.8. The van der Waals surface area contributed by atoms with Crippen molar-refractivity contribution in [3.63, 3.8) is 0 Å². The van der Waals surface area contributed by atoms with Gasteiger partial charge in [0.25, 0.3) is 0 Å². The van der Waals surface area contributed by atoms with Crippen LogP contribution in [0.4, 0.5) is 11.4 Å². The molecule has 1 fully saturated rings. The SMILES string of the molecule is CSc1ccc(CN2C(=O)[C@H]3CCC[C@H]3Nc3ccccc32)cc1. The maximum absolute atomic E-state index is 13.2. The van der Waals surface area contributed by atoms with E-state index in [1.807, 2.05) is 17.0 Å². The molecule has 0 aromatic heterocycles. The highest BCUT2D eigenvalue weighted by molar-refractivity contribution is 7.98. The number of rotatable bonds is 3. The van der Waals surface area contributed by atoms with Crippen LogP contribution in [0.15, 0.2) is 53.4 Å². The van der Waals surface area contributed by atoms with E-state index in [1.54, 1.807) is 11.8 Å². The van der Waals surface area contributed by atoms with Crippen LogP contribution in [0.1, 0.15) is 24.8 Å². The summed E-state index contributed by atoms with van der Waals surface area (Å²) in [6.07, 6.45) is 5.29. The number of amides is 1. The molecule has 2 atom stereocenters. The van der Waals surface area contributed by atoms with Gasteiger partial charge < -0.3 is 10.2 Å². The number of hydrogen-bond donors (Lipinski definition) is 1. The van der Waals surface area contributed by atoms with E-state index in [0.717, 1.165) is 30.6 Å². The fraction of sp³-hybridized carbons (Fsp3) is 0.350. The quantitative estimate of drug-likeness (QED) is 0.834. The van der Waals surface area contributed by atoms with Crippen LogP contribution < -0.4 is 10.2 Å². The third-order valence-corrected chi connectivity index (χ3v) is 5.88. The van der Waals surface area contributed by atoms with Gasteiger partial charge in [0.15, 0.2) is 0 Å². The molecule has 2 aromatic rings. The molecule has 0 radical (unpaired) electrons. The number of carbonyl (C=O) groups is 1. The molecule has 1 saturated carbocycles. The molecule has 0 saturated heterocycles. The van der Waals surface area contributed by atoms with Gasteiger partial charge in [0.2, 0.25) is 5.91 Å². The fourth-order valence-electron chi connectivity index (χ4n) is 3.85. The summed E-state index contributed by atoms with van der Waals surface area (Å²) in [5, 5.41) is 3.62. The molecule has 2 aromatic carbocycles. The Hall–Kier alpha value is -1.94. The van der Waals surface area contributed by atoms with Crippen molar-refractivity contribution in [3.8, 4) is 0 Å². The van der Waals surface area contributed by atoms with E-state index in [0.29, 0.717) is 6.54 Å². The van der Waals surface area contributed by atoms with Crippen LogP contribution in [0.3, 0.4) is 0 Å². The minimum Gasteiger partial charge on any atom is -0.380 e. The molecular formula is C20H22N2OS. The van der Waals surface area contributed by atoms with Gasteiger partial charge in [-0.2, -0.15) is 0 Å². The Morgan fingerprint density at radius 2 is 1.92 bits per heavy atom. The molecule has 4 heteroatoms. The van der Waals surface area contributed by atoms with Crippen LogP contribution in [0.25, 0.3) is 0 Å². The molecule has 1 heterocycles. The minimum atomic E-state index is 0.0999. The number of para-hydroxylation sites is 2. The highest BCUT2D eigenvalue weighted by Crippen LogP contribution is 2.39. The lowest BCUT2D eigenvalue weighted by Crippen LogP contribution is -2.38. The van der Waals surface area contributed by atoms with Crippen molar-refractivity contribution in [1.82, 2.24) is 0 Å². The van der Waals surface area contributed by atoms with Crippen LogP contribution >= 0.6 is 11.8 Å². The van der Waals surface area contributed by atoms with Crippen LogP contribution in [0, 0.1) is 5.92 Å². The van der Waals surface area contributed by atoms with Crippen molar-refractivity contribution in [3.05, 3.63) is 54.1 Å². The molecule has 1 amide bonds. The molecule has 0 bridgehead atoms. The zero-order valence-electron chi connectivity index (χ0n) is 13.9. The number of thioether (sulfide) groups is 1. The summed E-state index contributed by atoms with van der Waals surface area (Å²) in [7, 11) is 0. The van der Waals surface area contributed by atoms with E-state index in [4.69, 9.17) is 0 Å². The van der Waals surface area contributed by atoms with E-state index in [1.165, 1.54) is 10.5 Å². The average Bonchev–Trinajstić information content (AvgIpc) is 3.05. The Morgan fingerprint density at radius 1 is 1.12 bits per heavy atom. The molecule has 0 unspecified atom stereocenters. The summed E-state index contributed by atoms with van der Waals surface area (Å²) in [6.45, 7) is 0.634. The average molecular weight is 338 g/mol. The Labute approximate surface area is 147 Å². The Morgan fingerprint density at radius 3 is 2.71 bits per heavy atom. The Bertz CT molecular complexity index is 744. The van der Waals surface area contributed by atoms with E-state index >= 15 is 0 Å². The molecule has 4 rings (SSSR count). The summed E-state index contributed by atoms with van der Waals surface area (Å²) in [4.78, 5) is 16.4. The van der Waals surface area contributed by atoms with Gasteiger partial charge in [-0.3, -0.25) is 4.79 Å². The second kappa shape index (κ2) is 6.52. The highest BCUT2D eigenvalue weighted by atomic mass is 32.2. The summed E-state index contributed by atoms with van der Waals surface area (Å²) in [5.41, 5.74) is 3.26. The van der Waals surface area contributed by atoms with Crippen molar-refractivity contribution >= 4 is 29.0 Å². The normalized spacial score (nSPS) is 22.5. The van der Waals surface area contributed by atoms with Gasteiger partial charge in [0.05, 0.1) is 23.8 Å². The third-order valence-electron chi connectivity index (χ3n) is 5.13. The summed E-state index contributed by atoms with van der Waals surface area (Å²) < 4.78 is 0. The van der Waals surface area contributed by atoms with Gasteiger partial charge in [0.1, 0.15) is 0 Å². The van der Waals surface area contributed by atoms with Gasteiger partial charge in [-0.1, -0.05) is 30.7 Å². The second-order valence-corrected chi connectivity index (χ2v) is 7.46. The first kappa shape index (κ1) is 15.6. The monoisotopic (exact) mass is 338 g/mol. The fourth-order valence-corrected chi connectivity index (χ4v) is 4.26. The van der Waals surface area contributed by atoms with Gasteiger partial charge in [-0.05, 0) is 48.9 Å². The number of nitrogens with one attached hydrogen (secondary N) is 1. The second-order valence-electron chi connectivity index (χ2n) is 6.58. The predicted octanol–water partition coefficient (Wildman–Crippen LogP) is 4.54. The lowest BCUT2D eigenvalue weighted by molar-refractivity contribution is -0.122. The van der Waals surface area contributed by atoms with Crippen molar-refractivity contribution in [2.24, 2.45) is 5.92 Å². The number of anilines is 2. The van der Waals surface area contributed by atoms with E-state index < -0.39 is 0 Å². The maximum atomic E-state index is 13.2. The Balaban J connectivity index is 1.69. The smallest absolute Gasteiger partial charge is 0.232 e. The minimum absolute atomic E-state index is 0.0999. The van der Waals surface area contributed by atoms with Gasteiger partial charge in [-0.15, -0.1) is 11.8 Å². The summed E-state index contributed by atoms with van der Waals surface area (Å²) in [6, 6.07) is 17.0. The zero-order valence-corrected chi connectivity index (χ0v) is 14.7. The number of hydrogen-bond acceptors (Lipinski definition) is 3. The molecule has 3 nitrogen and oxygen atoms in total. The lowest BCUT2D eigenvalue weighted by Gasteiger charge is -2.25. The first-order valence-electron chi connectivity index (χ1n) is 8.56. The molecular weight excluding hydrogens is 316 g/mol. The lowest BCUT2D eigenvalue weighted by atomic mass is 10.0. The van der Waals surface area contributed by atoms with Gasteiger partial charge in [-0.25, -0.2) is 0 Å². The predicted molar refractivity (Wildman–Crippen MR) is 101 cm³/mol. The van der Waals surface area contributed by atoms with Crippen molar-refractivity contribution in [1.29, 1.82) is 0 Å². The maximum Gasteiger partial charge on any atom is 0.232 e. The molecule has 24 heavy (non-hydrogen) atoms. The molecule has 1 N–H and O–H groups in total. The van der Waals surface area contributed by atoms with Crippen LogP contribution in [0.5, 0.6) is 0 Å². The van der Waals surface area contributed by atoms with E-state index in [2.05, 4.69) is 48.0 Å². The number of fused-ring (bicyclic) bond motifs is 2. The molecule has 124 valence electrons. The van der Waals surface area contributed by atoms with Crippen LogP contribution in [-0.2, 0) is 11.3 Å². The summed E-state index contributed by atoms with van der Waals surface area (Å²) in [5.74, 6) is 0.367. The van der Waals surface area contributed by atoms with E-state index in [-0.39, 0.29) is 17.9 Å². The first-order valence-corrected chi connectivity index (χ1v) is 9.78. The van der Waals surface area contributed by atoms with E-state index in [9.17, 15) is 4.79 Å². The topological polar surface area (TPSA) is 32.3 Å². The number of carbonyl (C=O) groups excluding carboxylic acids is 1. The summed E-state index contributed by atoms with van der Waals surface area (Å²) >= 11 is 1.74. The standard InChI is InChI=1S/C20H22N2OS/c1-24-15-11-9-14(10-12-15)13-22-19-8-3-2-6-18(19)21-17-7-4-5-16(17)20(22)23/h2-3,6,8-12,16-17,21H,4-5,7,13H2,1H3/t16-,17+/m0/s1. The van der Waals surface area contributed by atoms with Gasteiger partial charge >= 0.3 is 0 Å². The van der Waals surface area contributed by atoms with Crippen LogP contribution in [0.2, 0.25) is 0 Å². The Kier molecular flexibility index (Phi) is 4.23. The zero-order chi connectivity index (χ0) is 16.5. The number of benzene rings is 2. The van der Waals surface area contributed by atoms with Crippen molar-refractivity contribution in [2.45, 2.75) is 36.7 Å². The van der Waals surface area contributed by atoms with Gasteiger partial charge in [0, 0.05) is 10.9 Å². The van der Waals surface area contributed by atoms with Crippen molar-refractivity contribution < 1.29 is 4.79 Å². The van der Waals surface area contributed by atoms with Crippen molar-refractivity contribution in [2.75, 3.05) is 16.5 Å². The molecule has 1 aliphatic carbocycles. The third kappa shape index (κ3) is 2.80. The van der Waals surface area contributed by atoms with Crippen LogP contribution in [-0.4, -0.2) is 18.2 Å². The largest absolute Gasteiger partial charge is 0.380 e.